The van der Waals surface area contributed by atoms with E-state index < -0.39 is 0 Å². The van der Waals surface area contributed by atoms with Crippen molar-refractivity contribution in [3.8, 4) is 5.75 Å². The molecule has 20 heavy (non-hydrogen) atoms. The maximum atomic E-state index is 6.31. The number of para-hydroxylation sites is 1. The molecule has 0 bridgehead atoms. The van der Waals surface area contributed by atoms with Gasteiger partial charge < -0.3 is 10.5 Å². The summed E-state index contributed by atoms with van der Waals surface area (Å²) in [6.07, 6.45) is 2.53. The van der Waals surface area contributed by atoms with Crippen LogP contribution in [0.4, 0.5) is 0 Å². The van der Waals surface area contributed by atoms with Crippen LogP contribution in [-0.2, 0) is 0 Å². The monoisotopic (exact) mass is 276 g/mol. The van der Waals surface area contributed by atoms with Crippen molar-refractivity contribution in [3.63, 3.8) is 0 Å². The molecule has 2 unspecified atom stereocenters. The van der Waals surface area contributed by atoms with Gasteiger partial charge in [0.05, 0.1) is 13.2 Å². The van der Waals surface area contributed by atoms with Gasteiger partial charge in [0.25, 0.3) is 0 Å². The number of likely N-dealkylation sites (tertiary alicyclic amines) is 1. The fourth-order valence-corrected chi connectivity index (χ4v) is 3.43. The van der Waals surface area contributed by atoms with Gasteiger partial charge in [-0.3, -0.25) is 4.90 Å². The molecule has 3 nitrogen and oxygen atoms in total. The number of nitrogens with zero attached hydrogens (tertiary/aromatic N) is 1. The summed E-state index contributed by atoms with van der Waals surface area (Å²) in [6, 6.07) is 8.57. The number of ether oxygens (including phenoxy) is 1. The molecule has 0 radical (unpaired) electrons. The normalized spacial score (nSPS) is 22.2. The standard InChI is InChI=1S/C17H28N2O/c1-13(18)16(14-8-5-6-9-15(14)20-4)19-11-7-10-17(2,3)12-19/h5-6,8-9,13,16H,7,10-12,18H2,1-4H3. The van der Waals surface area contributed by atoms with E-state index >= 15 is 0 Å². The van der Waals surface area contributed by atoms with Crippen LogP contribution in [0.5, 0.6) is 5.75 Å². The van der Waals surface area contributed by atoms with E-state index in [4.69, 9.17) is 10.5 Å². The molecule has 2 rings (SSSR count). The van der Waals surface area contributed by atoms with Crippen molar-refractivity contribution in [1.29, 1.82) is 0 Å². The topological polar surface area (TPSA) is 38.5 Å². The number of hydrogen-bond acceptors (Lipinski definition) is 3. The van der Waals surface area contributed by atoms with Crippen molar-refractivity contribution in [2.24, 2.45) is 11.1 Å². The van der Waals surface area contributed by atoms with Gasteiger partial charge in [0.15, 0.2) is 0 Å². The van der Waals surface area contributed by atoms with Crippen molar-refractivity contribution in [1.82, 2.24) is 4.90 Å². The molecule has 0 aromatic heterocycles. The fourth-order valence-electron chi connectivity index (χ4n) is 3.43. The van der Waals surface area contributed by atoms with Crippen molar-refractivity contribution in [2.45, 2.75) is 45.7 Å². The Morgan fingerprint density at radius 2 is 2.00 bits per heavy atom. The van der Waals surface area contributed by atoms with E-state index in [9.17, 15) is 0 Å². The number of rotatable bonds is 4. The minimum Gasteiger partial charge on any atom is -0.496 e. The first-order valence-electron chi connectivity index (χ1n) is 7.57. The molecular formula is C17H28N2O. The van der Waals surface area contributed by atoms with Gasteiger partial charge in [-0.2, -0.15) is 0 Å². The second kappa shape index (κ2) is 6.15. The molecule has 1 heterocycles. The quantitative estimate of drug-likeness (QED) is 0.917. The van der Waals surface area contributed by atoms with E-state index in [0.717, 1.165) is 18.8 Å². The van der Waals surface area contributed by atoms with Crippen molar-refractivity contribution >= 4 is 0 Å². The molecule has 0 saturated carbocycles. The number of nitrogens with two attached hydrogens (primary N) is 1. The van der Waals surface area contributed by atoms with E-state index in [-0.39, 0.29) is 12.1 Å². The molecule has 0 amide bonds. The SMILES string of the molecule is COc1ccccc1C(C(C)N)N1CCCC(C)(C)C1. The van der Waals surface area contributed by atoms with Crippen LogP contribution in [0, 0.1) is 5.41 Å². The second-order valence-electron chi connectivity index (χ2n) is 6.78. The van der Waals surface area contributed by atoms with E-state index in [2.05, 4.69) is 37.8 Å². The molecule has 0 spiro atoms. The Bertz CT molecular complexity index is 442. The van der Waals surface area contributed by atoms with Gasteiger partial charge in [-0.05, 0) is 37.8 Å². The predicted octanol–water partition coefficient (Wildman–Crippen LogP) is 3.21. The first-order valence-corrected chi connectivity index (χ1v) is 7.57. The lowest BCUT2D eigenvalue weighted by Crippen LogP contribution is -2.47. The van der Waals surface area contributed by atoms with Crippen LogP contribution in [-0.4, -0.2) is 31.1 Å². The maximum Gasteiger partial charge on any atom is 0.123 e. The first-order chi connectivity index (χ1) is 9.44. The second-order valence-corrected chi connectivity index (χ2v) is 6.78. The summed E-state index contributed by atoms with van der Waals surface area (Å²) < 4.78 is 5.54. The summed E-state index contributed by atoms with van der Waals surface area (Å²) in [7, 11) is 1.73. The highest BCUT2D eigenvalue weighted by atomic mass is 16.5. The molecule has 1 aliphatic heterocycles. The average Bonchev–Trinajstić information content (AvgIpc) is 2.38. The molecule has 1 aromatic rings. The van der Waals surface area contributed by atoms with Crippen LogP contribution < -0.4 is 10.5 Å². The van der Waals surface area contributed by atoms with E-state index in [1.165, 1.54) is 18.4 Å². The zero-order chi connectivity index (χ0) is 14.8. The fraction of sp³-hybridized carbons (Fsp3) is 0.647. The minimum absolute atomic E-state index is 0.0835. The molecule has 3 heteroatoms. The highest BCUT2D eigenvalue weighted by Gasteiger charge is 2.33. The third-order valence-electron chi connectivity index (χ3n) is 4.28. The van der Waals surface area contributed by atoms with Crippen LogP contribution in [0.1, 0.15) is 45.2 Å². The van der Waals surface area contributed by atoms with E-state index in [0.29, 0.717) is 5.41 Å². The lowest BCUT2D eigenvalue weighted by molar-refractivity contribution is 0.0677. The molecule has 1 aromatic carbocycles. The molecule has 0 aliphatic carbocycles. The number of hydrogen-bond donors (Lipinski definition) is 1. The Morgan fingerprint density at radius 3 is 2.60 bits per heavy atom. The van der Waals surface area contributed by atoms with Crippen LogP contribution in [0.25, 0.3) is 0 Å². The van der Waals surface area contributed by atoms with Gasteiger partial charge >= 0.3 is 0 Å². The smallest absolute Gasteiger partial charge is 0.123 e. The lowest BCUT2D eigenvalue weighted by Gasteiger charge is -2.44. The Kier molecular flexibility index (Phi) is 4.71. The van der Waals surface area contributed by atoms with Crippen LogP contribution in [0.2, 0.25) is 0 Å². The van der Waals surface area contributed by atoms with Crippen LogP contribution >= 0.6 is 0 Å². The molecule has 1 saturated heterocycles. The zero-order valence-corrected chi connectivity index (χ0v) is 13.2. The first kappa shape index (κ1) is 15.3. The minimum atomic E-state index is 0.0835. The van der Waals surface area contributed by atoms with Crippen molar-refractivity contribution in [3.05, 3.63) is 29.8 Å². The van der Waals surface area contributed by atoms with Gasteiger partial charge in [0.2, 0.25) is 0 Å². The predicted molar refractivity (Wildman–Crippen MR) is 84.0 cm³/mol. The summed E-state index contributed by atoms with van der Waals surface area (Å²) in [5.41, 5.74) is 7.89. The van der Waals surface area contributed by atoms with Crippen molar-refractivity contribution < 1.29 is 4.74 Å². The van der Waals surface area contributed by atoms with Gasteiger partial charge in [0, 0.05) is 18.2 Å². The molecule has 2 N–H and O–H groups in total. The van der Waals surface area contributed by atoms with Gasteiger partial charge in [0.1, 0.15) is 5.75 Å². The highest BCUT2D eigenvalue weighted by molar-refractivity contribution is 5.36. The Hall–Kier alpha value is -1.06. The molecular weight excluding hydrogens is 248 g/mol. The lowest BCUT2D eigenvalue weighted by atomic mass is 9.82. The molecule has 1 fully saturated rings. The summed E-state index contributed by atoms with van der Waals surface area (Å²) in [5, 5.41) is 0. The Balaban J connectivity index is 2.31. The largest absolute Gasteiger partial charge is 0.496 e. The number of piperidine rings is 1. The van der Waals surface area contributed by atoms with Crippen LogP contribution in [0.3, 0.4) is 0 Å². The summed E-state index contributed by atoms with van der Waals surface area (Å²) >= 11 is 0. The summed E-state index contributed by atoms with van der Waals surface area (Å²) in [6.45, 7) is 9.00. The molecule has 2 atom stereocenters. The number of benzene rings is 1. The van der Waals surface area contributed by atoms with E-state index in [1.807, 2.05) is 12.1 Å². The summed E-state index contributed by atoms with van der Waals surface area (Å²) in [4.78, 5) is 2.53. The number of methoxy groups -OCH3 is 1. The van der Waals surface area contributed by atoms with Gasteiger partial charge in [-0.15, -0.1) is 0 Å². The Morgan fingerprint density at radius 1 is 1.30 bits per heavy atom. The third kappa shape index (κ3) is 3.33. The molecule has 112 valence electrons. The molecule has 1 aliphatic rings. The average molecular weight is 276 g/mol. The van der Waals surface area contributed by atoms with Gasteiger partial charge in [-0.1, -0.05) is 32.0 Å². The third-order valence-corrected chi connectivity index (χ3v) is 4.28. The van der Waals surface area contributed by atoms with Crippen molar-refractivity contribution in [2.75, 3.05) is 20.2 Å². The zero-order valence-electron chi connectivity index (χ0n) is 13.2. The Labute approximate surface area is 123 Å². The maximum absolute atomic E-state index is 6.31. The van der Waals surface area contributed by atoms with Crippen LogP contribution in [0.15, 0.2) is 24.3 Å². The highest BCUT2D eigenvalue weighted by Crippen LogP contribution is 2.37. The van der Waals surface area contributed by atoms with Gasteiger partial charge in [-0.25, -0.2) is 0 Å². The van der Waals surface area contributed by atoms with E-state index in [1.54, 1.807) is 7.11 Å². The summed E-state index contributed by atoms with van der Waals surface area (Å²) in [5.74, 6) is 0.943.